The monoisotopic (exact) mass is 509 g/mol. The lowest BCUT2D eigenvalue weighted by Crippen LogP contribution is -2.27. The van der Waals surface area contributed by atoms with Gasteiger partial charge in [0, 0.05) is 24.0 Å². The summed E-state index contributed by atoms with van der Waals surface area (Å²) in [6.45, 7) is 3.10. The molecule has 0 radical (unpaired) electrons. The Hall–Kier alpha value is -3.86. The molecule has 0 unspecified atom stereocenters. The second-order valence-corrected chi connectivity index (χ2v) is 8.41. The number of rotatable bonds is 12. The minimum absolute atomic E-state index is 0.133. The lowest BCUT2D eigenvalue weighted by molar-refractivity contribution is -0.114. The fraction of sp³-hybridized carbons (Fsp3) is 0.192. The molecule has 1 amide bonds. The average Bonchev–Trinajstić information content (AvgIpc) is 2.91. The number of hydrogen-bond acceptors (Lipinski definition) is 9. The number of carbonyl (C=O) groups is 2. The summed E-state index contributed by atoms with van der Waals surface area (Å²) in [5.41, 5.74) is 7.78. The van der Waals surface area contributed by atoms with Crippen molar-refractivity contribution in [2.75, 3.05) is 36.8 Å². The molecule has 0 aliphatic rings. The average molecular weight is 510 g/mol. The number of carbonyl (C=O) groups excluding carboxylic acids is 2. The number of aliphatic hydroxyl groups excluding tert-OH is 2. The van der Waals surface area contributed by atoms with Crippen molar-refractivity contribution in [3.05, 3.63) is 83.0 Å². The second kappa shape index (κ2) is 15.2. The van der Waals surface area contributed by atoms with Crippen molar-refractivity contribution in [2.24, 2.45) is 10.7 Å². The van der Waals surface area contributed by atoms with E-state index in [9.17, 15) is 9.59 Å². The van der Waals surface area contributed by atoms with Crippen LogP contribution in [0.25, 0.3) is 10.8 Å². The molecule has 0 heterocycles. The van der Waals surface area contributed by atoms with E-state index in [0.29, 0.717) is 16.5 Å². The number of aliphatic imine (C=N–C) groups is 1. The van der Waals surface area contributed by atoms with Gasteiger partial charge in [-0.3, -0.25) is 14.6 Å². The summed E-state index contributed by atoms with van der Waals surface area (Å²) in [6.07, 6.45) is 0.763. The quantitative estimate of drug-likeness (QED) is 0.0945. The summed E-state index contributed by atoms with van der Waals surface area (Å²) in [6, 6.07) is 20.8. The van der Waals surface area contributed by atoms with Gasteiger partial charge >= 0.3 is 0 Å². The van der Waals surface area contributed by atoms with Crippen molar-refractivity contribution in [1.82, 2.24) is 5.32 Å². The molecular weight excluding hydrogens is 478 g/mol. The first-order valence-electron chi connectivity index (χ1n) is 11.0. The number of nitrogens with two attached hydrogens (primary N) is 1. The van der Waals surface area contributed by atoms with E-state index in [0.717, 1.165) is 17.7 Å². The van der Waals surface area contributed by atoms with Crippen LogP contribution >= 0.6 is 11.8 Å². The maximum Gasteiger partial charge on any atom is 0.269 e. The summed E-state index contributed by atoms with van der Waals surface area (Å²) in [5.74, 6) is -0.0292. The molecule has 0 fully saturated rings. The van der Waals surface area contributed by atoms with Crippen LogP contribution < -0.4 is 21.7 Å². The third-order valence-electron chi connectivity index (χ3n) is 4.93. The normalized spacial score (nSPS) is 11.1. The van der Waals surface area contributed by atoms with E-state index in [2.05, 4.69) is 51.9 Å². The molecule has 36 heavy (non-hydrogen) atoms. The zero-order valence-electron chi connectivity index (χ0n) is 20.0. The molecule has 0 aromatic heterocycles. The number of nitrogens with zero attached hydrogens (tertiary/aromatic N) is 1. The SMILES string of the molecule is C=N/C(C(N)=O)=C(/NC)SCNc1ccc2ccccc2c1.O=Cc1ccc(NC(CO)CO)cc1. The van der Waals surface area contributed by atoms with Crippen LogP contribution in [0.15, 0.2) is 82.4 Å². The number of aldehydes is 1. The molecule has 0 aliphatic heterocycles. The standard InChI is InChI=1S/C16H18N4OS.C10H13NO3/c1-18-14(15(17)21)16(19-2)22-10-20-13-8-7-11-5-3-4-6-12(11)9-13;12-5-8-1-3-9(4-2-8)11-10(6-13)7-14/h3-9,19-20H,1,10H2,2H3,(H2,17,21);1-5,10-11,13-14H,6-7H2/b16-14-;. The number of anilines is 2. The minimum Gasteiger partial charge on any atom is -0.394 e. The minimum atomic E-state index is -0.599. The van der Waals surface area contributed by atoms with Crippen molar-refractivity contribution >= 4 is 52.8 Å². The third-order valence-corrected chi connectivity index (χ3v) is 5.91. The molecule has 0 saturated carbocycles. The molecule has 190 valence electrons. The van der Waals surface area contributed by atoms with Crippen LogP contribution in [0.3, 0.4) is 0 Å². The van der Waals surface area contributed by atoms with Gasteiger partial charge in [-0.15, -0.1) is 0 Å². The molecule has 9 nitrogen and oxygen atoms in total. The van der Waals surface area contributed by atoms with Crippen LogP contribution in [0.2, 0.25) is 0 Å². The number of nitrogens with one attached hydrogen (secondary N) is 3. The topological polar surface area (TPSA) is 149 Å². The van der Waals surface area contributed by atoms with Crippen molar-refractivity contribution < 1.29 is 19.8 Å². The second-order valence-electron chi connectivity index (χ2n) is 7.42. The highest BCUT2D eigenvalue weighted by molar-refractivity contribution is 8.03. The maximum absolute atomic E-state index is 11.3. The zero-order valence-corrected chi connectivity index (χ0v) is 20.8. The highest BCUT2D eigenvalue weighted by atomic mass is 32.2. The fourth-order valence-electron chi connectivity index (χ4n) is 3.05. The van der Waals surface area contributed by atoms with E-state index in [1.807, 2.05) is 18.2 Å². The van der Waals surface area contributed by atoms with Crippen LogP contribution in [0, 0.1) is 0 Å². The van der Waals surface area contributed by atoms with Crippen molar-refractivity contribution in [1.29, 1.82) is 0 Å². The van der Waals surface area contributed by atoms with Crippen LogP contribution in [-0.4, -0.2) is 61.3 Å². The zero-order chi connectivity index (χ0) is 26.3. The molecule has 3 rings (SSSR count). The van der Waals surface area contributed by atoms with Crippen molar-refractivity contribution in [3.8, 4) is 0 Å². The van der Waals surface area contributed by atoms with Gasteiger partial charge in [0.2, 0.25) is 0 Å². The highest BCUT2D eigenvalue weighted by Gasteiger charge is 2.10. The molecule has 0 aliphatic carbocycles. The highest BCUT2D eigenvalue weighted by Crippen LogP contribution is 2.22. The van der Waals surface area contributed by atoms with Crippen LogP contribution in [0.1, 0.15) is 10.4 Å². The molecule has 10 heteroatoms. The predicted molar refractivity (Wildman–Crippen MR) is 148 cm³/mol. The van der Waals surface area contributed by atoms with E-state index in [-0.39, 0.29) is 25.0 Å². The Morgan fingerprint density at radius 1 is 1.06 bits per heavy atom. The van der Waals surface area contributed by atoms with Gasteiger partial charge in [-0.2, -0.15) is 0 Å². The summed E-state index contributed by atoms with van der Waals surface area (Å²) < 4.78 is 0. The molecule has 0 saturated heterocycles. The first kappa shape index (κ1) is 28.4. The van der Waals surface area contributed by atoms with E-state index < -0.39 is 5.91 Å². The van der Waals surface area contributed by atoms with Crippen LogP contribution in [0.5, 0.6) is 0 Å². The van der Waals surface area contributed by atoms with E-state index in [1.165, 1.54) is 22.5 Å². The molecule has 3 aromatic carbocycles. The molecule has 0 bridgehead atoms. The molecule has 7 N–H and O–H groups in total. The summed E-state index contributed by atoms with van der Waals surface area (Å²) >= 11 is 1.41. The Morgan fingerprint density at radius 3 is 2.25 bits per heavy atom. The lowest BCUT2D eigenvalue weighted by Gasteiger charge is -2.14. The Morgan fingerprint density at radius 2 is 1.69 bits per heavy atom. The van der Waals surface area contributed by atoms with E-state index >= 15 is 0 Å². The smallest absolute Gasteiger partial charge is 0.269 e. The molecule has 3 aromatic rings. The van der Waals surface area contributed by atoms with E-state index in [4.69, 9.17) is 15.9 Å². The van der Waals surface area contributed by atoms with Crippen molar-refractivity contribution in [3.63, 3.8) is 0 Å². The first-order chi connectivity index (χ1) is 17.4. The third kappa shape index (κ3) is 8.73. The molecule has 0 atom stereocenters. The molecular formula is C26H31N5O4S. The van der Waals surface area contributed by atoms with Gasteiger partial charge < -0.3 is 31.9 Å². The fourth-order valence-corrected chi connectivity index (χ4v) is 3.88. The summed E-state index contributed by atoms with van der Waals surface area (Å²) in [4.78, 5) is 25.3. The lowest BCUT2D eigenvalue weighted by atomic mass is 10.1. The Balaban J connectivity index is 0.000000281. The van der Waals surface area contributed by atoms with Crippen LogP contribution in [0.4, 0.5) is 11.4 Å². The number of hydrogen-bond donors (Lipinski definition) is 6. The number of amides is 1. The number of primary amides is 1. The van der Waals surface area contributed by atoms with E-state index in [1.54, 1.807) is 31.3 Å². The van der Waals surface area contributed by atoms with Crippen LogP contribution in [-0.2, 0) is 4.79 Å². The van der Waals surface area contributed by atoms with Gasteiger partial charge in [0.25, 0.3) is 5.91 Å². The van der Waals surface area contributed by atoms with Gasteiger partial charge in [0.05, 0.1) is 25.1 Å². The first-order valence-corrected chi connectivity index (χ1v) is 12.0. The largest absolute Gasteiger partial charge is 0.394 e. The summed E-state index contributed by atoms with van der Waals surface area (Å²) in [7, 11) is 1.71. The Labute approximate surface area is 214 Å². The molecule has 0 spiro atoms. The van der Waals surface area contributed by atoms with Gasteiger partial charge in [-0.05, 0) is 53.9 Å². The predicted octanol–water partition coefficient (Wildman–Crippen LogP) is 2.78. The number of aliphatic hydroxyl groups is 2. The van der Waals surface area contributed by atoms with Gasteiger partial charge in [0.1, 0.15) is 11.3 Å². The number of thioether (sulfide) groups is 1. The van der Waals surface area contributed by atoms with Gasteiger partial charge in [-0.1, -0.05) is 42.1 Å². The number of fused-ring (bicyclic) bond motifs is 1. The number of benzene rings is 3. The van der Waals surface area contributed by atoms with Gasteiger partial charge in [0.15, 0.2) is 5.70 Å². The maximum atomic E-state index is 11.3. The van der Waals surface area contributed by atoms with Crippen molar-refractivity contribution in [2.45, 2.75) is 6.04 Å². The van der Waals surface area contributed by atoms with Gasteiger partial charge in [-0.25, -0.2) is 0 Å². The Bertz CT molecular complexity index is 1180. The summed E-state index contributed by atoms with van der Waals surface area (Å²) in [5, 5.41) is 29.7. The Kier molecular flexibility index (Phi) is 12.0.